The van der Waals surface area contributed by atoms with Crippen molar-refractivity contribution in [2.24, 2.45) is 0 Å². The van der Waals surface area contributed by atoms with Crippen molar-refractivity contribution in [1.29, 1.82) is 0 Å². The molecule has 2 aromatic carbocycles. The summed E-state index contributed by atoms with van der Waals surface area (Å²) in [6.45, 7) is 1.81. The van der Waals surface area contributed by atoms with Gasteiger partial charge < -0.3 is 9.84 Å². The number of pyridine rings is 1. The van der Waals surface area contributed by atoms with Crippen molar-refractivity contribution in [2.45, 2.75) is 13.0 Å². The number of aromatic nitrogens is 1. The second-order valence-electron chi connectivity index (χ2n) is 7.11. The third-order valence-corrected chi connectivity index (χ3v) is 5.43. The van der Waals surface area contributed by atoms with Gasteiger partial charge in [-0.05, 0) is 54.4 Å². The Bertz CT molecular complexity index is 1190. The van der Waals surface area contributed by atoms with Crippen molar-refractivity contribution in [3.63, 3.8) is 0 Å². The number of aliphatic hydroxyl groups is 1. The Morgan fingerprint density at radius 3 is 2.42 bits per heavy atom. The summed E-state index contributed by atoms with van der Waals surface area (Å²) < 4.78 is 5.38. The van der Waals surface area contributed by atoms with Gasteiger partial charge in [0, 0.05) is 18.1 Å². The number of para-hydroxylation sites is 1. The molecule has 1 unspecified atom stereocenters. The highest BCUT2D eigenvalue weighted by Gasteiger charge is 2.47. The van der Waals surface area contributed by atoms with Crippen molar-refractivity contribution in [1.82, 2.24) is 4.98 Å². The summed E-state index contributed by atoms with van der Waals surface area (Å²) in [7, 11) is 1.43. The van der Waals surface area contributed by atoms with E-state index in [9.17, 15) is 14.7 Å². The minimum absolute atomic E-state index is 0.0416. The zero-order valence-corrected chi connectivity index (χ0v) is 17.6. The molecule has 1 N–H and O–H groups in total. The number of benzene rings is 2. The summed E-state index contributed by atoms with van der Waals surface area (Å²) in [5.41, 5.74) is 2.15. The van der Waals surface area contributed by atoms with Crippen LogP contribution in [0.5, 0.6) is 5.75 Å². The highest BCUT2D eigenvalue weighted by atomic mass is 35.5. The molecule has 7 heteroatoms. The number of Topliss-reactive ketones (excluding diaryl/α,β-unsaturated/α-hetero) is 1. The zero-order valence-electron chi connectivity index (χ0n) is 16.9. The monoisotopic (exact) mass is 434 g/mol. The number of ketones is 1. The smallest absolute Gasteiger partial charge is 0.300 e. The number of halogens is 1. The van der Waals surface area contributed by atoms with Crippen LogP contribution in [-0.4, -0.2) is 28.9 Å². The number of aryl methyl sites for hydroxylation is 1. The van der Waals surface area contributed by atoms with Crippen LogP contribution >= 0.6 is 11.6 Å². The fraction of sp³-hybridized carbons (Fsp3) is 0.125. The lowest BCUT2D eigenvalue weighted by Gasteiger charge is -2.25. The summed E-state index contributed by atoms with van der Waals surface area (Å²) in [5.74, 6) is -1.64. The normalized spacial score (nSPS) is 17.8. The molecule has 31 heavy (non-hydrogen) atoms. The average Bonchev–Trinajstić information content (AvgIpc) is 3.04. The number of hydrogen-bond acceptors (Lipinski definition) is 5. The number of nitrogens with zero attached hydrogens (tertiary/aromatic N) is 2. The lowest BCUT2D eigenvalue weighted by Crippen LogP contribution is -2.29. The molecule has 1 aliphatic rings. The van der Waals surface area contributed by atoms with Gasteiger partial charge in [-0.15, -0.1) is 0 Å². The standard InChI is InChI=1S/C24H19ClN2O4/c1-14-12-17(23(31-2)18(25)13-14)21(28)19-20(15-8-10-26-11-9-15)27(24(30)22(19)29)16-6-4-3-5-7-16/h3-13,20,28H,1-2H3/b21-19+. The molecule has 0 bridgehead atoms. The number of aliphatic hydroxyl groups excluding tert-OH is 1. The van der Waals surface area contributed by atoms with Crippen LogP contribution in [0.4, 0.5) is 5.69 Å². The van der Waals surface area contributed by atoms with Gasteiger partial charge in [-0.2, -0.15) is 0 Å². The van der Waals surface area contributed by atoms with E-state index in [1.807, 2.05) is 13.0 Å². The van der Waals surface area contributed by atoms with E-state index < -0.39 is 17.7 Å². The molecule has 1 aromatic heterocycles. The van der Waals surface area contributed by atoms with Gasteiger partial charge in [0.25, 0.3) is 11.7 Å². The van der Waals surface area contributed by atoms with Crippen LogP contribution in [0.3, 0.4) is 0 Å². The summed E-state index contributed by atoms with van der Waals surface area (Å²) in [6, 6.07) is 14.8. The minimum Gasteiger partial charge on any atom is -0.507 e. The van der Waals surface area contributed by atoms with Crippen molar-refractivity contribution < 1.29 is 19.4 Å². The second-order valence-corrected chi connectivity index (χ2v) is 7.52. The molecule has 6 nitrogen and oxygen atoms in total. The largest absolute Gasteiger partial charge is 0.507 e. The molecule has 0 saturated carbocycles. The maximum atomic E-state index is 13.2. The van der Waals surface area contributed by atoms with E-state index in [1.54, 1.807) is 60.9 Å². The molecule has 1 amide bonds. The average molecular weight is 435 g/mol. The fourth-order valence-corrected chi connectivity index (χ4v) is 4.16. The molecular formula is C24H19ClN2O4. The van der Waals surface area contributed by atoms with E-state index in [4.69, 9.17) is 16.3 Å². The number of amides is 1. The Morgan fingerprint density at radius 2 is 1.77 bits per heavy atom. The molecule has 1 fully saturated rings. The number of ether oxygens (including phenoxy) is 1. The Kier molecular flexibility index (Phi) is 5.48. The lowest BCUT2D eigenvalue weighted by molar-refractivity contribution is -0.132. The van der Waals surface area contributed by atoms with Crippen molar-refractivity contribution >= 4 is 34.7 Å². The van der Waals surface area contributed by atoms with E-state index in [0.29, 0.717) is 16.3 Å². The van der Waals surface area contributed by atoms with Gasteiger partial charge in [0.05, 0.1) is 29.3 Å². The molecule has 1 aliphatic heterocycles. The Balaban J connectivity index is 2.00. The second kappa shape index (κ2) is 8.24. The summed E-state index contributed by atoms with van der Waals surface area (Å²) >= 11 is 6.30. The first-order valence-electron chi connectivity index (χ1n) is 9.54. The van der Waals surface area contributed by atoms with Crippen LogP contribution < -0.4 is 9.64 Å². The molecule has 0 spiro atoms. The Labute approximate surface area is 184 Å². The maximum absolute atomic E-state index is 13.2. The maximum Gasteiger partial charge on any atom is 0.300 e. The number of hydrogen-bond donors (Lipinski definition) is 1. The van der Waals surface area contributed by atoms with E-state index in [2.05, 4.69) is 4.98 Å². The quantitative estimate of drug-likeness (QED) is 0.366. The van der Waals surface area contributed by atoms with Crippen LogP contribution in [0, 0.1) is 6.92 Å². The first kappa shape index (κ1) is 20.6. The number of rotatable bonds is 4. The minimum atomic E-state index is -0.839. The number of carbonyl (C=O) groups excluding carboxylic acids is 2. The van der Waals surface area contributed by atoms with E-state index in [-0.39, 0.29) is 22.6 Å². The summed E-state index contributed by atoms with van der Waals surface area (Å²) in [4.78, 5) is 31.6. The molecule has 1 atom stereocenters. The fourth-order valence-electron chi connectivity index (χ4n) is 3.81. The van der Waals surface area contributed by atoms with Crippen molar-refractivity contribution in [2.75, 3.05) is 12.0 Å². The molecule has 2 heterocycles. The van der Waals surface area contributed by atoms with Crippen molar-refractivity contribution in [3.8, 4) is 5.75 Å². The van der Waals surface area contributed by atoms with Gasteiger partial charge >= 0.3 is 0 Å². The molecule has 0 radical (unpaired) electrons. The first-order chi connectivity index (χ1) is 14.9. The molecule has 4 rings (SSSR count). The molecule has 3 aromatic rings. The van der Waals surface area contributed by atoms with Gasteiger partial charge in [-0.1, -0.05) is 29.8 Å². The Morgan fingerprint density at radius 1 is 1.10 bits per heavy atom. The van der Waals surface area contributed by atoms with E-state index in [1.165, 1.54) is 12.0 Å². The summed E-state index contributed by atoms with van der Waals surface area (Å²) in [6.07, 6.45) is 3.15. The third kappa shape index (κ3) is 3.55. The van der Waals surface area contributed by atoms with E-state index >= 15 is 0 Å². The number of methoxy groups -OCH3 is 1. The van der Waals surface area contributed by atoms with Crippen LogP contribution in [0.25, 0.3) is 5.76 Å². The van der Waals surface area contributed by atoms with Crippen LogP contribution in [-0.2, 0) is 9.59 Å². The summed E-state index contributed by atoms with van der Waals surface area (Å²) in [5, 5.41) is 11.6. The first-order valence-corrected chi connectivity index (χ1v) is 9.92. The van der Waals surface area contributed by atoms with Gasteiger partial charge in [-0.25, -0.2) is 0 Å². The molecule has 0 aliphatic carbocycles. The van der Waals surface area contributed by atoms with Gasteiger partial charge in [0.2, 0.25) is 0 Å². The topological polar surface area (TPSA) is 79.7 Å². The van der Waals surface area contributed by atoms with Gasteiger partial charge in [0.1, 0.15) is 11.5 Å². The highest BCUT2D eigenvalue weighted by Crippen LogP contribution is 2.44. The number of anilines is 1. The highest BCUT2D eigenvalue weighted by molar-refractivity contribution is 6.51. The van der Waals surface area contributed by atoms with Gasteiger partial charge in [-0.3, -0.25) is 19.5 Å². The van der Waals surface area contributed by atoms with Crippen LogP contribution in [0.2, 0.25) is 5.02 Å². The zero-order chi connectivity index (χ0) is 22.1. The predicted octanol–water partition coefficient (Wildman–Crippen LogP) is 4.68. The van der Waals surface area contributed by atoms with E-state index in [0.717, 1.165) is 5.56 Å². The van der Waals surface area contributed by atoms with Crippen molar-refractivity contribution in [3.05, 3.63) is 94.3 Å². The lowest BCUT2D eigenvalue weighted by atomic mass is 9.95. The van der Waals surface area contributed by atoms with Crippen LogP contribution in [0.1, 0.15) is 22.7 Å². The molecule has 1 saturated heterocycles. The van der Waals surface area contributed by atoms with Gasteiger partial charge in [0.15, 0.2) is 0 Å². The number of carbonyl (C=O) groups is 2. The molecule has 156 valence electrons. The SMILES string of the molecule is COc1c(Cl)cc(C)cc1/C(O)=C1\C(=O)C(=O)N(c2ccccc2)C1c1ccncc1. The Hall–Kier alpha value is -3.64. The molecular weight excluding hydrogens is 416 g/mol. The van der Waals surface area contributed by atoms with Crippen LogP contribution in [0.15, 0.2) is 72.6 Å². The predicted molar refractivity (Wildman–Crippen MR) is 118 cm³/mol. The third-order valence-electron chi connectivity index (χ3n) is 5.15.